The molecule has 0 saturated carbocycles. The highest BCUT2D eigenvalue weighted by Gasteiger charge is 2.36. The Morgan fingerprint density at radius 1 is 1.00 bits per heavy atom. The number of benzene rings is 1. The van der Waals surface area contributed by atoms with Crippen LogP contribution in [0.3, 0.4) is 0 Å². The van der Waals surface area contributed by atoms with Crippen LogP contribution >= 0.6 is 0 Å². The molecule has 0 amide bonds. The number of aromatic nitrogens is 2. The molecule has 0 bridgehead atoms. The van der Waals surface area contributed by atoms with Crippen LogP contribution in [0.15, 0.2) is 66.3 Å². The third kappa shape index (κ3) is 2.18. The van der Waals surface area contributed by atoms with Gasteiger partial charge in [-0.3, -0.25) is 14.8 Å². The van der Waals surface area contributed by atoms with Crippen LogP contribution in [0.2, 0.25) is 0 Å². The van der Waals surface area contributed by atoms with Crippen molar-refractivity contribution in [2.75, 3.05) is 5.32 Å². The van der Waals surface area contributed by atoms with Crippen LogP contribution in [0.5, 0.6) is 0 Å². The molecule has 25 heavy (non-hydrogen) atoms. The summed E-state index contributed by atoms with van der Waals surface area (Å²) < 4.78 is 0. The summed E-state index contributed by atoms with van der Waals surface area (Å²) in [6.07, 6.45) is 7.87. The van der Waals surface area contributed by atoms with Crippen LogP contribution in [0.25, 0.3) is 10.9 Å². The Labute approximate surface area is 145 Å². The van der Waals surface area contributed by atoms with Gasteiger partial charge in [0.2, 0.25) is 0 Å². The first-order chi connectivity index (χ1) is 12.3. The van der Waals surface area contributed by atoms with Crippen molar-refractivity contribution < 1.29 is 4.79 Å². The average molecular weight is 327 g/mol. The van der Waals surface area contributed by atoms with Crippen LogP contribution in [0.4, 0.5) is 5.69 Å². The van der Waals surface area contributed by atoms with E-state index in [9.17, 15) is 4.79 Å². The summed E-state index contributed by atoms with van der Waals surface area (Å²) in [7, 11) is 0. The molecule has 0 fully saturated rings. The van der Waals surface area contributed by atoms with Crippen LogP contribution in [-0.2, 0) is 4.79 Å². The van der Waals surface area contributed by atoms with Gasteiger partial charge < -0.3 is 5.32 Å². The summed E-state index contributed by atoms with van der Waals surface area (Å²) in [6, 6.07) is 12.2. The van der Waals surface area contributed by atoms with E-state index in [1.54, 1.807) is 12.4 Å². The standard InChI is InChI=1S/C21H17N3O/c25-18-5-1-4-16-21(18)19(13-8-11-22-12-9-13)20-14-3-2-10-23-15(14)6-7-17(20)24-16/h2-3,6-12,19,24H,1,4-5H2/t19-/m1/s1. The van der Waals surface area contributed by atoms with Gasteiger partial charge in [0.1, 0.15) is 0 Å². The van der Waals surface area contributed by atoms with Crippen molar-refractivity contribution in [2.45, 2.75) is 25.2 Å². The molecule has 0 unspecified atom stereocenters. The molecule has 1 N–H and O–H groups in total. The molecule has 0 saturated heterocycles. The number of hydrogen-bond donors (Lipinski definition) is 1. The van der Waals surface area contributed by atoms with Crippen molar-refractivity contribution in [2.24, 2.45) is 0 Å². The van der Waals surface area contributed by atoms with E-state index in [1.165, 1.54) is 0 Å². The third-order valence-corrected chi connectivity index (χ3v) is 5.19. The van der Waals surface area contributed by atoms with Crippen LogP contribution in [0, 0.1) is 0 Å². The number of nitrogens with one attached hydrogen (secondary N) is 1. The summed E-state index contributed by atoms with van der Waals surface area (Å²) in [5.74, 6) is 0.192. The van der Waals surface area contributed by atoms with Crippen LogP contribution in [0.1, 0.15) is 36.3 Å². The molecule has 1 atom stereocenters. The van der Waals surface area contributed by atoms with Gasteiger partial charge in [-0.1, -0.05) is 6.07 Å². The molecule has 1 aliphatic heterocycles. The summed E-state index contributed by atoms with van der Waals surface area (Å²) in [5.41, 5.74) is 6.28. The highest BCUT2D eigenvalue weighted by molar-refractivity contribution is 6.03. The van der Waals surface area contributed by atoms with E-state index < -0.39 is 0 Å². The molecule has 1 aromatic carbocycles. The number of fused-ring (bicyclic) bond motifs is 3. The topological polar surface area (TPSA) is 54.9 Å². The van der Waals surface area contributed by atoms with Gasteiger partial charge in [0, 0.05) is 53.3 Å². The van der Waals surface area contributed by atoms with Gasteiger partial charge >= 0.3 is 0 Å². The minimum Gasteiger partial charge on any atom is -0.358 e. The monoisotopic (exact) mass is 327 g/mol. The van der Waals surface area contributed by atoms with E-state index in [0.717, 1.165) is 51.8 Å². The molecular formula is C21H17N3O. The lowest BCUT2D eigenvalue weighted by Crippen LogP contribution is -2.27. The second-order valence-electron chi connectivity index (χ2n) is 6.60. The number of allylic oxidation sites excluding steroid dienone is 2. The average Bonchev–Trinajstić information content (AvgIpc) is 2.67. The molecule has 5 rings (SSSR count). The molecule has 4 nitrogen and oxygen atoms in total. The Morgan fingerprint density at radius 2 is 1.88 bits per heavy atom. The predicted molar refractivity (Wildman–Crippen MR) is 97.3 cm³/mol. The highest BCUT2D eigenvalue weighted by atomic mass is 16.1. The summed E-state index contributed by atoms with van der Waals surface area (Å²) >= 11 is 0. The number of pyridine rings is 2. The largest absolute Gasteiger partial charge is 0.358 e. The SMILES string of the molecule is O=C1CCCC2=C1[C@H](c1ccncc1)c1c(ccc3ncccc13)N2. The van der Waals surface area contributed by atoms with Gasteiger partial charge in [0.25, 0.3) is 0 Å². The Balaban J connectivity index is 1.85. The second kappa shape index (κ2) is 5.52. The lowest BCUT2D eigenvalue weighted by molar-refractivity contribution is -0.116. The first-order valence-electron chi connectivity index (χ1n) is 8.64. The zero-order valence-corrected chi connectivity index (χ0v) is 13.7. The van der Waals surface area contributed by atoms with E-state index >= 15 is 0 Å². The Hall–Kier alpha value is -3.01. The van der Waals surface area contributed by atoms with Crippen molar-refractivity contribution in [3.63, 3.8) is 0 Å². The van der Waals surface area contributed by atoms with E-state index in [-0.39, 0.29) is 11.7 Å². The van der Waals surface area contributed by atoms with Crippen molar-refractivity contribution in [3.8, 4) is 0 Å². The maximum absolute atomic E-state index is 12.8. The predicted octanol–water partition coefficient (Wildman–Crippen LogP) is 4.19. The number of hydrogen-bond acceptors (Lipinski definition) is 4. The molecular weight excluding hydrogens is 310 g/mol. The molecule has 3 heterocycles. The normalized spacial score (nSPS) is 19.4. The van der Waals surface area contributed by atoms with Gasteiger partial charge in [-0.15, -0.1) is 0 Å². The zero-order valence-electron chi connectivity index (χ0n) is 13.7. The van der Waals surface area contributed by atoms with Crippen molar-refractivity contribution in [1.82, 2.24) is 9.97 Å². The molecule has 0 spiro atoms. The van der Waals surface area contributed by atoms with Gasteiger partial charge in [-0.05, 0) is 54.3 Å². The number of nitrogens with zero attached hydrogens (tertiary/aromatic N) is 2. The van der Waals surface area contributed by atoms with Crippen molar-refractivity contribution in [1.29, 1.82) is 0 Å². The first-order valence-corrected chi connectivity index (χ1v) is 8.64. The van der Waals surface area contributed by atoms with E-state index in [1.807, 2.05) is 30.5 Å². The fourth-order valence-corrected chi connectivity index (χ4v) is 4.12. The molecule has 4 heteroatoms. The maximum Gasteiger partial charge on any atom is 0.161 e. The summed E-state index contributed by atoms with van der Waals surface area (Å²) in [6.45, 7) is 0. The van der Waals surface area contributed by atoms with Gasteiger partial charge in [0.05, 0.1) is 5.52 Å². The van der Waals surface area contributed by atoms with Gasteiger partial charge in [0.15, 0.2) is 5.78 Å². The van der Waals surface area contributed by atoms with Crippen molar-refractivity contribution >= 4 is 22.4 Å². The van der Waals surface area contributed by atoms with E-state index in [0.29, 0.717) is 6.42 Å². The van der Waals surface area contributed by atoms with Crippen LogP contribution in [-0.4, -0.2) is 15.8 Å². The van der Waals surface area contributed by atoms with Crippen LogP contribution < -0.4 is 5.32 Å². The lowest BCUT2D eigenvalue weighted by atomic mass is 9.74. The van der Waals surface area contributed by atoms with Crippen molar-refractivity contribution in [3.05, 3.63) is 77.4 Å². The molecule has 3 aromatic rings. The fourth-order valence-electron chi connectivity index (χ4n) is 4.12. The fraction of sp³-hybridized carbons (Fsp3) is 0.190. The van der Waals surface area contributed by atoms with E-state index in [2.05, 4.69) is 27.4 Å². The molecule has 2 aliphatic rings. The Bertz CT molecular complexity index is 1020. The van der Waals surface area contributed by atoms with Gasteiger partial charge in [-0.2, -0.15) is 0 Å². The smallest absolute Gasteiger partial charge is 0.161 e. The summed E-state index contributed by atoms with van der Waals surface area (Å²) in [4.78, 5) is 21.5. The zero-order chi connectivity index (χ0) is 16.8. The molecule has 0 radical (unpaired) electrons. The first kappa shape index (κ1) is 14.3. The molecule has 1 aliphatic carbocycles. The molecule has 122 valence electrons. The number of carbonyl (C=O) groups is 1. The minimum atomic E-state index is -0.0602. The van der Waals surface area contributed by atoms with Gasteiger partial charge in [-0.25, -0.2) is 0 Å². The minimum absolute atomic E-state index is 0.0602. The maximum atomic E-state index is 12.8. The lowest BCUT2D eigenvalue weighted by Gasteiger charge is -2.34. The molecule has 2 aromatic heterocycles. The Morgan fingerprint density at radius 3 is 2.76 bits per heavy atom. The number of ketones is 1. The van der Waals surface area contributed by atoms with E-state index in [4.69, 9.17) is 0 Å². The number of carbonyl (C=O) groups excluding carboxylic acids is 1. The third-order valence-electron chi connectivity index (χ3n) is 5.19. The number of rotatable bonds is 1. The number of anilines is 1. The Kier molecular flexibility index (Phi) is 3.17. The quantitative estimate of drug-likeness (QED) is 0.728. The summed E-state index contributed by atoms with van der Waals surface area (Å²) in [5, 5.41) is 4.63. The number of Topliss-reactive ketones (excluding diaryl/α,β-unsaturated/α-hetero) is 1. The second-order valence-corrected chi connectivity index (χ2v) is 6.60. The highest BCUT2D eigenvalue weighted by Crippen LogP contribution is 2.47.